The van der Waals surface area contributed by atoms with Gasteiger partial charge in [0.15, 0.2) is 0 Å². The average molecular weight is 247 g/mol. The molecule has 3 rings (SSSR count). The highest BCUT2D eigenvalue weighted by molar-refractivity contribution is 6.32. The second-order valence-corrected chi connectivity index (χ2v) is 4.13. The van der Waals surface area contributed by atoms with Crippen molar-refractivity contribution in [2.24, 2.45) is 0 Å². The highest BCUT2D eigenvalue weighted by atomic mass is 35.5. The van der Waals surface area contributed by atoms with Gasteiger partial charge in [-0.15, -0.1) is 0 Å². The number of hydrogen-bond acceptors (Lipinski definition) is 3. The zero-order chi connectivity index (χ0) is 12.0. The Morgan fingerprint density at radius 3 is 2.65 bits per heavy atom. The highest BCUT2D eigenvalue weighted by Crippen LogP contribution is 2.29. The van der Waals surface area contributed by atoms with Crippen LogP contribution in [0.25, 0.3) is 21.9 Å². The first-order chi connectivity index (χ1) is 8.16. The number of hydrogen-bond donors (Lipinski definition) is 1. The molecule has 84 valence electrons. The molecular formula is C13H7ClO3. The minimum absolute atomic E-state index is 0.123. The van der Waals surface area contributed by atoms with Gasteiger partial charge in [-0.3, -0.25) is 4.79 Å². The van der Waals surface area contributed by atoms with Crippen molar-refractivity contribution < 1.29 is 9.52 Å². The van der Waals surface area contributed by atoms with Crippen LogP contribution < -0.4 is 5.43 Å². The molecule has 0 unspecified atom stereocenters. The van der Waals surface area contributed by atoms with E-state index in [9.17, 15) is 9.90 Å². The van der Waals surface area contributed by atoms with Crippen LogP contribution in [0.3, 0.4) is 0 Å². The smallest absolute Gasteiger partial charge is 0.200 e. The highest BCUT2D eigenvalue weighted by Gasteiger charge is 2.10. The second-order valence-electron chi connectivity index (χ2n) is 3.73. The van der Waals surface area contributed by atoms with Crippen LogP contribution >= 0.6 is 11.6 Å². The van der Waals surface area contributed by atoms with E-state index in [0.29, 0.717) is 21.9 Å². The molecule has 3 aromatic rings. The molecule has 0 saturated carbocycles. The quantitative estimate of drug-likeness (QED) is 0.619. The fraction of sp³-hybridized carbons (Fsp3) is 0. The van der Waals surface area contributed by atoms with Crippen LogP contribution in [-0.2, 0) is 0 Å². The molecule has 2 aromatic carbocycles. The monoisotopic (exact) mass is 246 g/mol. The number of aromatic hydroxyl groups is 1. The summed E-state index contributed by atoms with van der Waals surface area (Å²) in [7, 11) is 0. The van der Waals surface area contributed by atoms with Gasteiger partial charge in [0, 0.05) is 6.07 Å². The summed E-state index contributed by atoms with van der Waals surface area (Å²) in [6.07, 6.45) is 0. The number of rotatable bonds is 0. The Labute approximate surface area is 101 Å². The zero-order valence-electron chi connectivity index (χ0n) is 8.61. The van der Waals surface area contributed by atoms with Crippen LogP contribution in [-0.4, -0.2) is 5.11 Å². The molecule has 0 saturated heterocycles. The molecular weight excluding hydrogens is 240 g/mol. The van der Waals surface area contributed by atoms with E-state index in [1.807, 2.05) is 0 Å². The maximum atomic E-state index is 12.1. The number of phenols is 1. The van der Waals surface area contributed by atoms with Crippen molar-refractivity contribution in [3.8, 4) is 5.75 Å². The van der Waals surface area contributed by atoms with Crippen molar-refractivity contribution in [2.75, 3.05) is 0 Å². The number of phenolic OH excluding ortho intramolecular Hbond substituents is 1. The normalized spacial score (nSPS) is 11.1. The van der Waals surface area contributed by atoms with Gasteiger partial charge in [-0.1, -0.05) is 23.7 Å². The molecule has 1 heterocycles. The molecule has 0 aliphatic rings. The van der Waals surface area contributed by atoms with E-state index in [2.05, 4.69) is 0 Å². The Morgan fingerprint density at radius 1 is 1.06 bits per heavy atom. The Morgan fingerprint density at radius 2 is 1.82 bits per heavy atom. The summed E-state index contributed by atoms with van der Waals surface area (Å²) < 4.78 is 5.57. The third-order valence-corrected chi connectivity index (χ3v) is 2.95. The van der Waals surface area contributed by atoms with Crippen LogP contribution in [0.1, 0.15) is 0 Å². The van der Waals surface area contributed by atoms with Crippen LogP contribution in [0.4, 0.5) is 0 Å². The summed E-state index contributed by atoms with van der Waals surface area (Å²) >= 11 is 5.78. The number of para-hydroxylation sites is 1. The minimum Gasteiger partial charge on any atom is -0.506 e. The molecule has 0 radical (unpaired) electrons. The zero-order valence-corrected chi connectivity index (χ0v) is 9.36. The first-order valence-corrected chi connectivity index (χ1v) is 5.38. The van der Waals surface area contributed by atoms with E-state index in [-0.39, 0.29) is 16.2 Å². The van der Waals surface area contributed by atoms with Crippen molar-refractivity contribution in [3.63, 3.8) is 0 Å². The van der Waals surface area contributed by atoms with Gasteiger partial charge in [-0.25, -0.2) is 0 Å². The Kier molecular flexibility index (Phi) is 2.09. The average Bonchev–Trinajstić information content (AvgIpc) is 2.32. The van der Waals surface area contributed by atoms with Crippen LogP contribution in [0.2, 0.25) is 5.02 Å². The lowest BCUT2D eigenvalue weighted by atomic mass is 10.1. The Hall–Kier alpha value is -2.00. The van der Waals surface area contributed by atoms with Crippen LogP contribution in [0.15, 0.2) is 45.6 Å². The molecule has 0 fully saturated rings. The number of halogens is 1. The molecule has 0 aliphatic carbocycles. The van der Waals surface area contributed by atoms with E-state index < -0.39 is 0 Å². The van der Waals surface area contributed by atoms with E-state index in [4.69, 9.17) is 16.0 Å². The van der Waals surface area contributed by atoms with Gasteiger partial charge in [0.05, 0.1) is 15.8 Å². The standard InChI is InChI=1S/C13H7ClO3/c14-9-6-12-8(5-10(9)15)13(16)7-3-1-2-4-11(7)17-12/h1-6,15H. The van der Waals surface area contributed by atoms with E-state index >= 15 is 0 Å². The summed E-state index contributed by atoms with van der Waals surface area (Å²) in [5.41, 5.74) is 0.706. The second kappa shape index (κ2) is 3.50. The Bertz CT molecular complexity index is 790. The molecule has 0 atom stereocenters. The van der Waals surface area contributed by atoms with Gasteiger partial charge in [0.1, 0.15) is 16.9 Å². The predicted molar refractivity (Wildman–Crippen MR) is 66.7 cm³/mol. The molecule has 1 N–H and O–H groups in total. The lowest BCUT2D eigenvalue weighted by molar-refractivity contribution is 0.476. The van der Waals surface area contributed by atoms with E-state index in [1.165, 1.54) is 12.1 Å². The first-order valence-electron chi connectivity index (χ1n) is 5.01. The lowest BCUT2D eigenvalue weighted by Crippen LogP contribution is -2.01. The minimum atomic E-state index is -0.172. The largest absolute Gasteiger partial charge is 0.506 e. The maximum absolute atomic E-state index is 12.1. The topological polar surface area (TPSA) is 50.4 Å². The summed E-state index contributed by atoms with van der Waals surface area (Å²) in [6.45, 7) is 0. The van der Waals surface area contributed by atoms with Crippen molar-refractivity contribution in [2.45, 2.75) is 0 Å². The maximum Gasteiger partial charge on any atom is 0.200 e. The van der Waals surface area contributed by atoms with Crippen LogP contribution in [0, 0.1) is 0 Å². The molecule has 4 heteroatoms. The molecule has 17 heavy (non-hydrogen) atoms. The fourth-order valence-electron chi connectivity index (χ4n) is 1.81. The lowest BCUT2D eigenvalue weighted by Gasteiger charge is -2.02. The summed E-state index contributed by atoms with van der Waals surface area (Å²) in [4.78, 5) is 12.1. The van der Waals surface area contributed by atoms with Crippen molar-refractivity contribution in [3.05, 3.63) is 51.6 Å². The number of benzene rings is 2. The molecule has 0 amide bonds. The SMILES string of the molecule is O=c1c2ccccc2oc2cc(Cl)c(O)cc12. The molecule has 3 nitrogen and oxygen atoms in total. The third-order valence-electron chi connectivity index (χ3n) is 2.65. The van der Waals surface area contributed by atoms with Gasteiger partial charge in [-0.05, 0) is 18.2 Å². The predicted octanol–water partition coefficient (Wildman–Crippen LogP) is 3.31. The van der Waals surface area contributed by atoms with Crippen molar-refractivity contribution in [1.29, 1.82) is 0 Å². The first kappa shape index (κ1) is 10.2. The van der Waals surface area contributed by atoms with Gasteiger partial charge in [0.25, 0.3) is 0 Å². The van der Waals surface area contributed by atoms with E-state index in [0.717, 1.165) is 0 Å². The van der Waals surface area contributed by atoms with Crippen molar-refractivity contribution in [1.82, 2.24) is 0 Å². The van der Waals surface area contributed by atoms with Crippen LogP contribution in [0.5, 0.6) is 5.75 Å². The van der Waals surface area contributed by atoms with Crippen molar-refractivity contribution >= 4 is 33.5 Å². The fourth-order valence-corrected chi connectivity index (χ4v) is 1.97. The number of fused-ring (bicyclic) bond motifs is 2. The Balaban J connectivity index is 2.60. The molecule has 0 spiro atoms. The van der Waals surface area contributed by atoms with Gasteiger partial charge in [0.2, 0.25) is 5.43 Å². The molecule has 1 aromatic heterocycles. The molecule has 0 aliphatic heterocycles. The summed E-state index contributed by atoms with van der Waals surface area (Å²) in [6, 6.07) is 9.74. The summed E-state index contributed by atoms with van der Waals surface area (Å²) in [5, 5.41) is 10.5. The third kappa shape index (κ3) is 1.47. The van der Waals surface area contributed by atoms with Gasteiger partial charge >= 0.3 is 0 Å². The molecule has 0 bridgehead atoms. The van der Waals surface area contributed by atoms with Gasteiger partial charge < -0.3 is 9.52 Å². The van der Waals surface area contributed by atoms with E-state index in [1.54, 1.807) is 24.3 Å². The van der Waals surface area contributed by atoms with Gasteiger partial charge in [-0.2, -0.15) is 0 Å². The summed E-state index contributed by atoms with van der Waals surface area (Å²) in [5.74, 6) is -0.123.